The van der Waals surface area contributed by atoms with E-state index in [-0.39, 0.29) is 12.4 Å². The van der Waals surface area contributed by atoms with Crippen molar-refractivity contribution in [3.63, 3.8) is 0 Å². The smallest absolute Gasteiger partial charge is 0.333 e. The lowest BCUT2D eigenvalue weighted by Gasteiger charge is -2.29. The van der Waals surface area contributed by atoms with Crippen LogP contribution in [0.2, 0.25) is 5.02 Å². The quantitative estimate of drug-likeness (QED) is 0.446. The van der Waals surface area contributed by atoms with E-state index in [1.165, 1.54) is 35.4 Å². The van der Waals surface area contributed by atoms with Crippen molar-refractivity contribution in [2.75, 3.05) is 18.9 Å². The van der Waals surface area contributed by atoms with E-state index in [1.807, 2.05) is 0 Å². The van der Waals surface area contributed by atoms with Crippen LogP contribution < -0.4 is 5.73 Å². The highest BCUT2D eigenvalue weighted by molar-refractivity contribution is 7.41. The number of benzene rings is 1. The summed E-state index contributed by atoms with van der Waals surface area (Å²) in [6, 6.07) is 4.25. The number of aliphatic hydroxyl groups is 2. The Morgan fingerprint density at radius 3 is 2.97 bits per heavy atom. The number of imidazole rings is 1. The lowest BCUT2D eigenvalue weighted by atomic mass is 10.1. The molecule has 6 atom stereocenters. The number of rotatable bonds is 5. The molecule has 0 amide bonds. The molecule has 4 N–H and O–H groups in total. The van der Waals surface area contributed by atoms with E-state index in [1.54, 1.807) is 0 Å². The molecule has 2 aromatic heterocycles. The first kappa shape index (κ1) is 22.8. The van der Waals surface area contributed by atoms with Gasteiger partial charge >= 0.3 is 8.60 Å². The summed E-state index contributed by atoms with van der Waals surface area (Å²) in [4.78, 5) is 12.2. The number of aliphatic hydroxyl groups excluding tert-OH is 2. The molecule has 0 radical (unpaired) electrons. The van der Waals surface area contributed by atoms with E-state index in [2.05, 4.69) is 15.0 Å². The minimum Gasteiger partial charge on any atom is -0.387 e. The average Bonchev–Trinajstić information content (AvgIpc) is 3.36. The van der Waals surface area contributed by atoms with Crippen LogP contribution in [0, 0.1) is 5.82 Å². The fourth-order valence-electron chi connectivity index (χ4n) is 3.75. The number of halogens is 2. The minimum atomic E-state index is -1.84. The van der Waals surface area contributed by atoms with Gasteiger partial charge in [0.25, 0.3) is 0 Å². The third kappa shape index (κ3) is 4.41. The molecule has 5 rings (SSSR count). The van der Waals surface area contributed by atoms with Crippen LogP contribution in [-0.4, -0.2) is 61.3 Å². The number of nitrogens with zero attached hydrogens (tertiary/aromatic N) is 4. The van der Waals surface area contributed by atoms with Gasteiger partial charge in [0, 0.05) is 17.0 Å². The van der Waals surface area contributed by atoms with Crippen molar-refractivity contribution in [1.82, 2.24) is 19.5 Å². The normalized spacial score (nSPS) is 30.2. The summed E-state index contributed by atoms with van der Waals surface area (Å²) in [5.74, 6) is -0.245. The molecule has 33 heavy (non-hydrogen) atoms. The maximum atomic E-state index is 14.2. The summed E-state index contributed by atoms with van der Waals surface area (Å²) in [5.41, 5.74) is 6.84. The van der Waals surface area contributed by atoms with Gasteiger partial charge in [-0.25, -0.2) is 19.3 Å². The second-order valence-corrected chi connectivity index (χ2v) is 9.14. The first-order chi connectivity index (χ1) is 15.9. The van der Waals surface area contributed by atoms with Crippen LogP contribution in [0.5, 0.6) is 0 Å². The van der Waals surface area contributed by atoms with E-state index in [0.29, 0.717) is 34.8 Å². The largest absolute Gasteiger partial charge is 0.387 e. The molecule has 4 heterocycles. The van der Waals surface area contributed by atoms with Gasteiger partial charge in [0.05, 0.1) is 25.6 Å². The Labute approximate surface area is 193 Å². The van der Waals surface area contributed by atoms with Crippen molar-refractivity contribution < 1.29 is 32.9 Å². The molecule has 0 spiro atoms. The molecule has 0 aliphatic carbocycles. The second kappa shape index (κ2) is 9.32. The molecule has 0 bridgehead atoms. The monoisotopic (exact) mass is 499 g/mol. The number of hydrogen-bond acceptors (Lipinski definition) is 10. The first-order valence-corrected chi connectivity index (χ1v) is 11.5. The maximum Gasteiger partial charge on any atom is 0.333 e. The number of nitrogen functional groups attached to an aromatic ring is 1. The summed E-state index contributed by atoms with van der Waals surface area (Å²) in [7, 11) is -1.84. The summed E-state index contributed by atoms with van der Waals surface area (Å²) >= 11 is 5.98. The highest BCUT2D eigenvalue weighted by Crippen LogP contribution is 2.50. The van der Waals surface area contributed by atoms with Gasteiger partial charge in [0.2, 0.25) is 0 Å². The number of fused-ring (bicyclic) bond motifs is 1. The number of aromatic nitrogens is 4. The zero-order chi connectivity index (χ0) is 23.1. The molecule has 2 aliphatic heterocycles. The SMILES string of the molecule is Nc1ncnc2c1ncn2[C@@H]1O[C@H](COP2OCCC(c3cc(Cl)ccc3F)O2)[C@@H](O)[C@H]1O. The third-order valence-corrected chi connectivity index (χ3v) is 6.85. The van der Waals surface area contributed by atoms with E-state index < -0.39 is 45.1 Å². The standard InChI is InChI=1S/C19H20ClFN5O6P/c20-9-1-2-11(21)10(5-9)12-3-4-29-33(32-12)30-6-13-15(27)16(28)19(31-13)26-8-25-14-17(22)23-7-24-18(14)26/h1-2,5,7-8,12-13,15-16,19,27-28H,3-4,6H2,(H2,22,23,24)/t12?,13-,15-,16-,19-,33?/m1/s1. The molecule has 3 aromatic rings. The van der Waals surface area contributed by atoms with Crippen LogP contribution >= 0.6 is 20.2 Å². The molecule has 14 heteroatoms. The van der Waals surface area contributed by atoms with Crippen molar-refractivity contribution in [1.29, 1.82) is 0 Å². The van der Waals surface area contributed by atoms with Crippen LogP contribution in [0.15, 0.2) is 30.9 Å². The predicted molar refractivity (Wildman–Crippen MR) is 114 cm³/mol. The summed E-state index contributed by atoms with van der Waals surface area (Å²) in [6.07, 6.45) is -1.87. The van der Waals surface area contributed by atoms with Crippen LogP contribution in [0.25, 0.3) is 11.2 Å². The average molecular weight is 500 g/mol. The van der Waals surface area contributed by atoms with Crippen molar-refractivity contribution in [2.45, 2.75) is 37.1 Å². The second-order valence-electron chi connectivity index (χ2n) is 7.53. The van der Waals surface area contributed by atoms with E-state index >= 15 is 0 Å². The highest BCUT2D eigenvalue weighted by atomic mass is 35.5. The summed E-state index contributed by atoms with van der Waals surface area (Å²) in [5, 5.41) is 21.4. The lowest BCUT2D eigenvalue weighted by Crippen LogP contribution is -2.33. The summed E-state index contributed by atoms with van der Waals surface area (Å²) in [6.45, 7) is 0.165. The Hall–Kier alpha value is -2.02. The van der Waals surface area contributed by atoms with Gasteiger partial charge in [-0.05, 0) is 18.2 Å². The van der Waals surface area contributed by atoms with Crippen molar-refractivity contribution >= 4 is 37.2 Å². The molecular weight excluding hydrogens is 480 g/mol. The van der Waals surface area contributed by atoms with Crippen LogP contribution in [0.3, 0.4) is 0 Å². The van der Waals surface area contributed by atoms with Gasteiger partial charge in [-0.15, -0.1) is 0 Å². The van der Waals surface area contributed by atoms with Crippen molar-refractivity contribution in [3.05, 3.63) is 47.3 Å². The molecule has 176 valence electrons. The Morgan fingerprint density at radius 1 is 1.27 bits per heavy atom. The van der Waals surface area contributed by atoms with Gasteiger partial charge in [0.15, 0.2) is 17.7 Å². The lowest BCUT2D eigenvalue weighted by molar-refractivity contribution is -0.0530. The fourth-order valence-corrected chi connectivity index (χ4v) is 5.08. The molecule has 0 saturated carbocycles. The Morgan fingerprint density at radius 2 is 2.12 bits per heavy atom. The molecule has 2 aliphatic rings. The Kier molecular flexibility index (Phi) is 6.43. The van der Waals surface area contributed by atoms with Crippen LogP contribution in [0.4, 0.5) is 10.2 Å². The van der Waals surface area contributed by atoms with E-state index in [0.717, 1.165) is 0 Å². The number of nitrogens with two attached hydrogens (primary N) is 1. The molecule has 2 fully saturated rings. The summed E-state index contributed by atoms with van der Waals surface area (Å²) < 4.78 is 38.5. The van der Waals surface area contributed by atoms with Gasteiger partial charge in [-0.3, -0.25) is 4.57 Å². The third-order valence-electron chi connectivity index (χ3n) is 5.44. The van der Waals surface area contributed by atoms with Gasteiger partial charge in [-0.2, -0.15) is 0 Å². The van der Waals surface area contributed by atoms with Crippen LogP contribution in [-0.2, 0) is 18.3 Å². The Balaban J connectivity index is 1.24. The van der Waals surface area contributed by atoms with E-state index in [9.17, 15) is 14.6 Å². The zero-order valence-electron chi connectivity index (χ0n) is 17.0. The highest BCUT2D eigenvalue weighted by Gasteiger charge is 2.45. The predicted octanol–water partition coefficient (Wildman–Crippen LogP) is 2.24. The van der Waals surface area contributed by atoms with Crippen LogP contribution in [0.1, 0.15) is 24.3 Å². The van der Waals surface area contributed by atoms with Gasteiger partial charge in [0.1, 0.15) is 36.0 Å². The molecular formula is C19H20ClFN5O6P. The van der Waals surface area contributed by atoms with Crippen molar-refractivity contribution in [2.24, 2.45) is 0 Å². The van der Waals surface area contributed by atoms with Gasteiger partial charge in [-0.1, -0.05) is 11.6 Å². The molecule has 2 saturated heterocycles. The molecule has 2 unspecified atom stereocenters. The molecule has 11 nitrogen and oxygen atoms in total. The fraction of sp³-hybridized carbons (Fsp3) is 0.421. The van der Waals surface area contributed by atoms with E-state index in [4.69, 9.17) is 35.6 Å². The Bertz CT molecular complexity index is 1160. The molecule has 1 aromatic carbocycles. The minimum absolute atomic E-state index is 0.130. The van der Waals surface area contributed by atoms with Gasteiger partial charge < -0.3 is 34.3 Å². The van der Waals surface area contributed by atoms with Crippen molar-refractivity contribution in [3.8, 4) is 0 Å². The number of ether oxygens (including phenoxy) is 1. The number of anilines is 1. The number of hydrogen-bond donors (Lipinski definition) is 3. The maximum absolute atomic E-state index is 14.2. The first-order valence-electron chi connectivity index (χ1n) is 10.0. The topological polar surface area (TPSA) is 147 Å². The zero-order valence-corrected chi connectivity index (χ0v) is 18.6.